The van der Waals surface area contributed by atoms with Crippen LogP contribution in [0.3, 0.4) is 0 Å². The largest absolute Gasteiger partial charge is 0.472 e. The molecular weight excluding hydrogens is 904 g/mol. The predicted molar refractivity (Wildman–Crippen MR) is 288 cm³/mol. The molecule has 12 heteroatoms. The van der Waals surface area contributed by atoms with Crippen molar-refractivity contribution >= 4 is 25.7 Å². The molecule has 0 radical (unpaired) electrons. The number of aliphatic hydroxyl groups is 1. The smallest absolute Gasteiger partial charge is 0.462 e. The van der Waals surface area contributed by atoms with Crippen LogP contribution in [0.25, 0.3) is 0 Å². The quantitative estimate of drug-likeness (QED) is 0.0197. The minimum atomic E-state index is -4.75. The molecule has 0 amide bonds. The van der Waals surface area contributed by atoms with Gasteiger partial charge in [-0.05, 0) is 89.9 Å². The molecule has 0 saturated carbocycles. The number of unbranched alkanes of at least 4 members (excludes halogenated alkanes) is 22. The number of phosphoric ester groups is 1. The molecule has 2 N–H and O–H groups in total. The summed E-state index contributed by atoms with van der Waals surface area (Å²) in [4.78, 5) is 48.4. The van der Waals surface area contributed by atoms with Gasteiger partial charge in [0.05, 0.1) is 19.8 Å². The van der Waals surface area contributed by atoms with E-state index in [0.717, 1.165) is 122 Å². The maximum absolute atomic E-state index is 12.9. The van der Waals surface area contributed by atoms with Gasteiger partial charge in [0, 0.05) is 19.3 Å². The summed E-state index contributed by atoms with van der Waals surface area (Å²) in [5, 5.41) is 9.76. The van der Waals surface area contributed by atoms with Crippen LogP contribution in [0.5, 0.6) is 0 Å². The van der Waals surface area contributed by atoms with Crippen LogP contribution in [0.1, 0.15) is 239 Å². The Labute approximate surface area is 427 Å². The van der Waals surface area contributed by atoms with E-state index in [-0.39, 0.29) is 25.9 Å². The lowest BCUT2D eigenvalue weighted by molar-refractivity contribution is -0.161. The lowest BCUT2D eigenvalue weighted by atomic mass is 10.1. The van der Waals surface area contributed by atoms with Gasteiger partial charge in [0.15, 0.2) is 6.10 Å². The number of phosphoric acid groups is 1. The van der Waals surface area contributed by atoms with E-state index in [1.165, 1.54) is 57.8 Å². The Hall–Kier alpha value is -3.08. The van der Waals surface area contributed by atoms with Gasteiger partial charge in [-0.15, -0.1) is 0 Å². The van der Waals surface area contributed by atoms with Gasteiger partial charge in [-0.2, -0.15) is 0 Å². The van der Waals surface area contributed by atoms with E-state index in [2.05, 4.69) is 93.7 Å². The zero-order valence-corrected chi connectivity index (χ0v) is 45.4. The molecule has 0 heterocycles. The Morgan fingerprint density at radius 3 is 1.17 bits per heavy atom. The second kappa shape index (κ2) is 52.2. The first kappa shape index (κ1) is 66.9. The van der Waals surface area contributed by atoms with Crippen molar-refractivity contribution in [2.75, 3.05) is 26.4 Å². The number of carbonyl (C=O) groups is 3. The molecule has 0 saturated heterocycles. The lowest BCUT2D eigenvalue weighted by Gasteiger charge is -2.21. The maximum atomic E-state index is 12.9. The summed E-state index contributed by atoms with van der Waals surface area (Å²) in [6.07, 6.45) is 57.3. The Morgan fingerprint density at radius 2 is 0.743 bits per heavy atom. The molecule has 0 aliphatic rings. The van der Waals surface area contributed by atoms with Crippen LogP contribution in [0.2, 0.25) is 0 Å². The van der Waals surface area contributed by atoms with Crippen molar-refractivity contribution in [1.29, 1.82) is 0 Å². The number of rotatable bonds is 51. The fraction of sp³-hybridized carbons (Fsp3) is 0.741. The average molecular weight is 1010 g/mol. The number of aliphatic hydroxyl groups excluding tert-OH is 1. The Balaban J connectivity index is 4.76. The molecule has 0 fully saturated rings. The van der Waals surface area contributed by atoms with Gasteiger partial charge in [-0.25, -0.2) is 4.57 Å². The van der Waals surface area contributed by atoms with Crippen molar-refractivity contribution in [3.05, 3.63) is 72.9 Å². The number of esters is 3. The zero-order chi connectivity index (χ0) is 51.3. The Morgan fingerprint density at radius 1 is 0.414 bits per heavy atom. The summed E-state index contributed by atoms with van der Waals surface area (Å²) in [6.45, 7) is 4.44. The van der Waals surface area contributed by atoms with E-state index in [4.69, 9.17) is 23.3 Å². The highest BCUT2D eigenvalue weighted by Crippen LogP contribution is 2.43. The third-order valence-electron chi connectivity index (χ3n) is 11.6. The monoisotopic (exact) mass is 1000 g/mol. The van der Waals surface area contributed by atoms with E-state index in [1.54, 1.807) is 0 Å². The summed E-state index contributed by atoms with van der Waals surface area (Å²) >= 11 is 0. The molecule has 0 aliphatic carbocycles. The van der Waals surface area contributed by atoms with Crippen LogP contribution in [0.15, 0.2) is 72.9 Å². The number of hydrogen-bond acceptors (Lipinski definition) is 10. The van der Waals surface area contributed by atoms with Crippen LogP contribution >= 0.6 is 7.82 Å². The SMILES string of the molecule is CC/C=C\C/C=C\C/C=C\CCCCCCCC(=O)OC(COC(=O)CCCCCCCC/C=C\C/C=C\C/C=C\CCCCC)COP(=O)(O)OCC(CO)OC(=O)CCCCCCCCCCC. The van der Waals surface area contributed by atoms with Crippen molar-refractivity contribution in [1.82, 2.24) is 0 Å². The van der Waals surface area contributed by atoms with E-state index in [9.17, 15) is 28.9 Å². The van der Waals surface area contributed by atoms with Crippen molar-refractivity contribution in [3.63, 3.8) is 0 Å². The first-order valence-electron chi connectivity index (χ1n) is 27.8. The van der Waals surface area contributed by atoms with Gasteiger partial charge in [-0.1, -0.05) is 203 Å². The molecule has 0 bridgehead atoms. The van der Waals surface area contributed by atoms with Gasteiger partial charge >= 0.3 is 25.7 Å². The second-order valence-corrected chi connectivity index (χ2v) is 19.8. The summed E-state index contributed by atoms with van der Waals surface area (Å²) in [7, 11) is -4.75. The minimum absolute atomic E-state index is 0.144. The molecule has 0 aromatic heterocycles. The van der Waals surface area contributed by atoms with Gasteiger partial charge in [0.25, 0.3) is 0 Å². The number of allylic oxidation sites excluding steroid dienone is 12. The first-order valence-corrected chi connectivity index (χ1v) is 29.3. The minimum Gasteiger partial charge on any atom is -0.462 e. The Kier molecular flexibility index (Phi) is 50.0. The standard InChI is InChI=1S/C58H101O11P/c1-4-7-10-13-16-19-21-23-25-26-27-28-30-31-33-36-38-41-44-47-56(60)65-51-55(69-58(62)49-46-43-40-37-34-32-29-24-22-20-17-14-11-8-5-2)53-67-70(63,64)66-52-54(50-59)68-57(61)48-45-42-39-35-18-15-12-9-6-3/h8,11,16-17,19-20,23-25,27-29,54-55,59H,4-7,9-10,12-15,18,21-22,26,30-53H2,1-3H3,(H,63,64)/b11-8-,19-16-,20-17-,25-23-,28-27-,29-24-. The van der Waals surface area contributed by atoms with E-state index >= 15 is 0 Å². The average Bonchev–Trinajstić information content (AvgIpc) is 3.35. The molecule has 0 aromatic carbocycles. The van der Waals surface area contributed by atoms with Crippen LogP contribution in [0, 0.1) is 0 Å². The summed E-state index contributed by atoms with van der Waals surface area (Å²) in [5.74, 6) is -1.50. The molecule has 404 valence electrons. The van der Waals surface area contributed by atoms with Crippen molar-refractivity contribution in [2.45, 2.75) is 251 Å². The fourth-order valence-electron chi connectivity index (χ4n) is 7.38. The highest BCUT2D eigenvalue weighted by molar-refractivity contribution is 7.47. The third-order valence-corrected chi connectivity index (χ3v) is 12.6. The van der Waals surface area contributed by atoms with E-state index in [0.29, 0.717) is 19.3 Å². The lowest BCUT2D eigenvalue weighted by Crippen LogP contribution is -2.30. The molecule has 0 rings (SSSR count). The maximum Gasteiger partial charge on any atom is 0.472 e. The highest BCUT2D eigenvalue weighted by Gasteiger charge is 2.28. The topological polar surface area (TPSA) is 155 Å². The molecular formula is C58H101O11P. The third kappa shape index (κ3) is 49.9. The molecule has 0 aliphatic heterocycles. The number of ether oxygens (including phenoxy) is 3. The molecule has 70 heavy (non-hydrogen) atoms. The molecule has 0 spiro atoms. The Bertz CT molecular complexity index is 1450. The molecule has 11 nitrogen and oxygen atoms in total. The first-order chi connectivity index (χ1) is 34.2. The van der Waals surface area contributed by atoms with E-state index in [1.807, 2.05) is 0 Å². The molecule has 3 atom stereocenters. The van der Waals surface area contributed by atoms with Crippen LogP contribution < -0.4 is 0 Å². The molecule has 0 aromatic rings. The van der Waals surface area contributed by atoms with Crippen LogP contribution in [-0.2, 0) is 42.2 Å². The van der Waals surface area contributed by atoms with E-state index < -0.39 is 57.8 Å². The summed E-state index contributed by atoms with van der Waals surface area (Å²) in [6, 6.07) is 0. The van der Waals surface area contributed by atoms with Crippen LogP contribution in [0.4, 0.5) is 0 Å². The van der Waals surface area contributed by atoms with Crippen molar-refractivity contribution < 1.29 is 52.2 Å². The molecule has 3 unspecified atom stereocenters. The fourth-order valence-corrected chi connectivity index (χ4v) is 8.16. The number of carbonyl (C=O) groups excluding carboxylic acids is 3. The normalized spacial score (nSPS) is 14.0. The summed E-state index contributed by atoms with van der Waals surface area (Å²) < 4.78 is 39.4. The van der Waals surface area contributed by atoms with Gasteiger partial charge in [0.2, 0.25) is 0 Å². The number of hydrogen-bond donors (Lipinski definition) is 2. The highest BCUT2D eigenvalue weighted by atomic mass is 31.2. The van der Waals surface area contributed by atoms with Crippen LogP contribution in [-0.4, -0.2) is 66.5 Å². The predicted octanol–water partition coefficient (Wildman–Crippen LogP) is 16.1. The zero-order valence-electron chi connectivity index (χ0n) is 44.5. The van der Waals surface area contributed by atoms with Gasteiger partial charge < -0.3 is 24.2 Å². The van der Waals surface area contributed by atoms with Crippen molar-refractivity contribution in [3.8, 4) is 0 Å². The van der Waals surface area contributed by atoms with Gasteiger partial charge in [0.1, 0.15) is 12.7 Å². The second-order valence-electron chi connectivity index (χ2n) is 18.4. The van der Waals surface area contributed by atoms with Crippen molar-refractivity contribution in [2.24, 2.45) is 0 Å². The van der Waals surface area contributed by atoms with Gasteiger partial charge in [-0.3, -0.25) is 23.4 Å². The summed E-state index contributed by atoms with van der Waals surface area (Å²) in [5.41, 5.74) is 0.